The minimum Gasteiger partial charge on any atom is -0.395 e. The predicted octanol–water partition coefficient (Wildman–Crippen LogP) is 2.97. The number of carbonyl (C=O) groups excluding carboxylic acids is 1. The third kappa shape index (κ3) is 5.08. The van der Waals surface area contributed by atoms with E-state index in [0.29, 0.717) is 17.9 Å². The van der Waals surface area contributed by atoms with Crippen LogP contribution >= 0.6 is 0 Å². The number of carbonyl (C=O) groups is 1. The van der Waals surface area contributed by atoms with Crippen LogP contribution in [0.25, 0.3) is 11.3 Å². The number of hydrogen-bond acceptors (Lipinski definition) is 5. The van der Waals surface area contributed by atoms with Crippen molar-refractivity contribution >= 4 is 17.8 Å². The van der Waals surface area contributed by atoms with E-state index in [-0.39, 0.29) is 12.5 Å². The van der Waals surface area contributed by atoms with Gasteiger partial charge in [-0.1, -0.05) is 36.4 Å². The maximum Gasteiger partial charge on any atom is 0.289 e. The van der Waals surface area contributed by atoms with Gasteiger partial charge in [-0.3, -0.25) is 9.89 Å². The maximum atomic E-state index is 12.3. The summed E-state index contributed by atoms with van der Waals surface area (Å²) in [4.78, 5) is 14.4. The van der Waals surface area contributed by atoms with E-state index in [9.17, 15) is 9.90 Å². The summed E-state index contributed by atoms with van der Waals surface area (Å²) in [5.41, 5.74) is 7.49. The van der Waals surface area contributed by atoms with Crippen LogP contribution in [0.5, 0.6) is 0 Å². The highest BCUT2D eigenvalue weighted by molar-refractivity contribution is 5.94. The molecular formula is C22H25N5O2. The number of H-pyrrole nitrogens is 1. The number of aromatic amines is 1. The lowest BCUT2D eigenvalue weighted by Gasteiger charge is -2.22. The Morgan fingerprint density at radius 1 is 1.24 bits per heavy atom. The molecule has 3 N–H and O–H groups in total. The Balaban J connectivity index is 1.64. The van der Waals surface area contributed by atoms with Crippen molar-refractivity contribution in [1.82, 2.24) is 15.6 Å². The summed E-state index contributed by atoms with van der Waals surface area (Å²) in [5, 5.41) is 20.2. The van der Waals surface area contributed by atoms with Crippen molar-refractivity contribution in [2.24, 2.45) is 5.10 Å². The summed E-state index contributed by atoms with van der Waals surface area (Å²) in [7, 11) is 0. The molecule has 0 aliphatic rings. The Hall–Kier alpha value is -3.45. The van der Waals surface area contributed by atoms with Crippen molar-refractivity contribution in [2.45, 2.75) is 13.8 Å². The molecule has 0 spiro atoms. The standard InChI is InChI=1S/C22H25N5O2/c1-3-27(11-12-28)19-10-9-18(16(2)13-19)15-23-26-22(29)21-14-20(24-25-21)17-7-5-4-6-8-17/h4-10,13-15,28H,3,11-12H2,1-2H3,(H,24,25)(H,26,29)/b23-15-. The van der Waals surface area contributed by atoms with E-state index in [2.05, 4.69) is 32.5 Å². The van der Waals surface area contributed by atoms with Crippen LogP contribution in [0.15, 0.2) is 59.7 Å². The molecule has 1 amide bonds. The minimum absolute atomic E-state index is 0.113. The fourth-order valence-electron chi connectivity index (χ4n) is 3.01. The maximum absolute atomic E-state index is 12.3. The van der Waals surface area contributed by atoms with Gasteiger partial charge in [0.25, 0.3) is 5.91 Å². The summed E-state index contributed by atoms with van der Waals surface area (Å²) in [6, 6.07) is 17.3. The van der Waals surface area contributed by atoms with Crippen molar-refractivity contribution in [3.8, 4) is 11.3 Å². The highest BCUT2D eigenvalue weighted by atomic mass is 16.3. The van der Waals surface area contributed by atoms with Gasteiger partial charge < -0.3 is 10.0 Å². The first-order valence-corrected chi connectivity index (χ1v) is 9.53. The van der Waals surface area contributed by atoms with Crippen LogP contribution in [0.2, 0.25) is 0 Å². The first-order valence-electron chi connectivity index (χ1n) is 9.53. The number of likely N-dealkylation sites (N-methyl/N-ethyl adjacent to an activating group) is 1. The van der Waals surface area contributed by atoms with Gasteiger partial charge in [0.05, 0.1) is 18.5 Å². The minimum atomic E-state index is -0.356. The summed E-state index contributed by atoms with van der Waals surface area (Å²) in [5.74, 6) is -0.356. The molecule has 3 rings (SSSR count). The molecular weight excluding hydrogens is 366 g/mol. The van der Waals surface area contributed by atoms with Crippen molar-refractivity contribution in [2.75, 3.05) is 24.6 Å². The van der Waals surface area contributed by atoms with E-state index >= 15 is 0 Å². The molecule has 0 bridgehead atoms. The monoisotopic (exact) mass is 391 g/mol. The summed E-state index contributed by atoms with van der Waals surface area (Å²) in [6.45, 7) is 5.56. The van der Waals surface area contributed by atoms with Gasteiger partial charge in [0.15, 0.2) is 0 Å². The van der Waals surface area contributed by atoms with Gasteiger partial charge in [0, 0.05) is 24.3 Å². The lowest BCUT2D eigenvalue weighted by Crippen LogP contribution is -2.26. The highest BCUT2D eigenvalue weighted by Crippen LogP contribution is 2.18. The molecule has 0 saturated heterocycles. The normalized spacial score (nSPS) is 11.0. The second-order valence-corrected chi connectivity index (χ2v) is 6.58. The second-order valence-electron chi connectivity index (χ2n) is 6.58. The number of rotatable bonds is 8. The molecule has 0 atom stereocenters. The van der Waals surface area contributed by atoms with Crippen LogP contribution in [0, 0.1) is 6.92 Å². The van der Waals surface area contributed by atoms with Crippen LogP contribution in [-0.2, 0) is 0 Å². The van der Waals surface area contributed by atoms with Crippen molar-refractivity contribution in [1.29, 1.82) is 0 Å². The van der Waals surface area contributed by atoms with E-state index in [4.69, 9.17) is 0 Å². The summed E-state index contributed by atoms with van der Waals surface area (Å²) >= 11 is 0. The van der Waals surface area contributed by atoms with Crippen LogP contribution < -0.4 is 10.3 Å². The fraction of sp³-hybridized carbons (Fsp3) is 0.227. The molecule has 29 heavy (non-hydrogen) atoms. The molecule has 0 fully saturated rings. The Kier molecular flexibility index (Phi) is 6.76. The number of hydrogen-bond donors (Lipinski definition) is 3. The summed E-state index contributed by atoms with van der Waals surface area (Å²) in [6.07, 6.45) is 1.62. The lowest BCUT2D eigenvalue weighted by molar-refractivity contribution is 0.0950. The highest BCUT2D eigenvalue weighted by Gasteiger charge is 2.10. The average Bonchev–Trinajstić information content (AvgIpc) is 3.24. The number of anilines is 1. The average molecular weight is 391 g/mol. The van der Waals surface area contributed by atoms with E-state index in [1.54, 1.807) is 12.3 Å². The summed E-state index contributed by atoms with van der Waals surface area (Å²) < 4.78 is 0. The van der Waals surface area contributed by atoms with E-state index in [0.717, 1.165) is 28.9 Å². The van der Waals surface area contributed by atoms with E-state index in [1.165, 1.54) is 0 Å². The molecule has 2 aromatic carbocycles. The SMILES string of the molecule is CCN(CCO)c1ccc(/C=N\NC(=O)c2cc(-c3ccccc3)n[nH]2)c(C)c1. The third-order valence-electron chi connectivity index (χ3n) is 4.63. The van der Waals surface area contributed by atoms with Gasteiger partial charge >= 0.3 is 0 Å². The molecule has 150 valence electrons. The van der Waals surface area contributed by atoms with Gasteiger partial charge in [0.2, 0.25) is 0 Å². The quantitative estimate of drug-likeness (QED) is 0.406. The molecule has 7 heteroatoms. The zero-order chi connectivity index (χ0) is 20.6. The third-order valence-corrected chi connectivity index (χ3v) is 4.63. The number of amides is 1. The first kappa shape index (κ1) is 20.3. The molecule has 0 saturated carbocycles. The molecule has 1 heterocycles. The number of aromatic nitrogens is 2. The number of aliphatic hydroxyl groups is 1. The van der Waals surface area contributed by atoms with Crippen molar-refractivity contribution in [3.63, 3.8) is 0 Å². The smallest absolute Gasteiger partial charge is 0.289 e. The number of benzene rings is 2. The first-order chi connectivity index (χ1) is 14.1. The predicted molar refractivity (Wildman–Crippen MR) is 115 cm³/mol. The van der Waals surface area contributed by atoms with Gasteiger partial charge in [-0.2, -0.15) is 10.2 Å². The van der Waals surface area contributed by atoms with Gasteiger partial charge in [-0.15, -0.1) is 0 Å². The van der Waals surface area contributed by atoms with Gasteiger partial charge in [0.1, 0.15) is 5.69 Å². The lowest BCUT2D eigenvalue weighted by atomic mass is 10.1. The molecule has 3 aromatic rings. The van der Waals surface area contributed by atoms with Gasteiger partial charge in [-0.05, 0) is 43.2 Å². The molecule has 0 unspecified atom stereocenters. The second kappa shape index (κ2) is 9.66. The van der Waals surface area contributed by atoms with Crippen LogP contribution in [-0.4, -0.2) is 47.1 Å². The number of aliphatic hydroxyl groups excluding tert-OH is 1. The number of nitrogens with zero attached hydrogens (tertiary/aromatic N) is 3. The van der Waals surface area contributed by atoms with Crippen molar-refractivity contribution < 1.29 is 9.90 Å². The van der Waals surface area contributed by atoms with Gasteiger partial charge in [-0.25, -0.2) is 5.43 Å². The van der Waals surface area contributed by atoms with E-state index in [1.807, 2.05) is 55.5 Å². The number of aryl methyl sites for hydroxylation is 1. The van der Waals surface area contributed by atoms with E-state index < -0.39 is 0 Å². The molecule has 0 aliphatic carbocycles. The fourth-order valence-corrected chi connectivity index (χ4v) is 3.01. The molecule has 0 aliphatic heterocycles. The Labute approximate surface area is 170 Å². The molecule has 1 aromatic heterocycles. The Bertz CT molecular complexity index is 982. The van der Waals surface area contributed by atoms with Crippen LogP contribution in [0.1, 0.15) is 28.5 Å². The Morgan fingerprint density at radius 2 is 2.03 bits per heavy atom. The van der Waals surface area contributed by atoms with Crippen LogP contribution in [0.3, 0.4) is 0 Å². The zero-order valence-electron chi connectivity index (χ0n) is 16.6. The number of hydrazone groups is 1. The van der Waals surface area contributed by atoms with Crippen molar-refractivity contribution in [3.05, 3.63) is 71.4 Å². The largest absolute Gasteiger partial charge is 0.395 e. The number of nitrogens with one attached hydrogen (secondary N) is 2. The molecule has 7 nitrogen and oxygen atoms in total. The molecule has 0 radical (unpaired) electrons. The Morgan fingerprint density at radius 3 is 2.72 bits per heavy atom. The zero-order valence-corrected chi connectivity index (χ0v) is 16.6. The topological polar surface area (TPSA) is 93.6 Å². The van der Waals surface area contributed by atoms with Crippen LogP contribution in [0.4, 0.5) is 5.69 Å².